The first kappa shape index (κ1) is 71.2. The SMILES string of the molecule is c1ccc(-c2cc(-c3ccccc3)cc(-c3ncc(-c4cccc5ccccc45)c4ccccc34)c2)cc1.c1ccc(-c2cc(-c3ncc(-c4cccc5ccccc45)c4ccccc34)nc(-c3ccccc3)n2)cc1.c1ccc(-c2nc(-c3ccc4ccccc4c3)nc(-c3ncc(-c4cccc5ccccc45)c4ccccc34)n2)cc1. The van der Waals surface area contributed by atoms with Crippen molar-refractivity contribution in [2.45, 2.75) is 0 Å². The molecule has 22 aromatic rings. The molecule has 8 nitrogen and oxygen atoms in total. The lowest BCUT2D eigenvalue weighted by molar-refractivity contribution is 1.06. The highest BCUT2D eigenvalue weighted by Gasteiger charge is 2.22. The third-order valence-corrected chi connectivity index (χ3v) is 22.0. The summed E-state index contributed by atoms with van der Waals surface area (Å²) >= 11 is 0. The fourth-order valence-corrected chi connectivity index (χ4v) is 16.3. The molecule has 0 aliphatic heterocycles. The van der Waals surface area contributed by atoms with Gasteiger partial charge in [0.05, 0.1) is 22.8 Å². The molecule has 0 bridgehead atoms. The van der Waals surface area contributed by atoms with Crippen LogP contribution in [0.3, 0.4) is 0 Å². The van der Waals surface area contributed by atoms with E-state index in [0.29, 0.717) is 23.3 Å². The molecule has 0 aliphatic rings. The van der Waals surface area contributed by atoms with E-state index < -0.39 is 0 Å². The van der Waals surface area contributed by atoms with Crippen LogP contribution in [0.4, 0.5) is 0 Å². The zero-order valence-corrected chi connectivity index (χ0v) is 64.1. The third kappa shape index (κ3) is 14.2. The lowest BCUT2D eigenvalue weighted by Crippen LogP contribution is -2.02. The molecule has 0 N–H and O–H groups in total. The number of benzene rings is 17. The first-order chi connectivity index (χ1) is 58.5. The minimum Gasteiger partial charge on any atom is -0.255 e. The predicted molar refractivity (Wildman–Crippen MR) is 489 cm³/mol. The van der Waals surface area contributed by atoms with Crippen LogP contribution in [0.15, 0.2) is 437 Å². The van der Waals surface area contributed by atoms with Crippen molar-refractivity contribution in [2.75, 3.05) is 0 Å². The van der Waals surface area contributed by atoms with Crippen LogP contribution in [0.2, 0.25) is 0 Å². The van der Waals surface area contributed by atoms with Crippen molar-refractivity contribution in [1.82, 2.24) is 39.9 Å². The Morgan fingerprint density at radius 2 is 0.449 bits per heavy atom. The lowest BCUT2D eigenvalue weighted by Gasteiger charge is -2.15. The Kier molecular flexibility index (Phi) is 19.3. The number of nitrogens with zero attached hydrogens (tertiary/aromatic N) is 8. The molecule has 0 saturated heterocycles. The molecular weight excluding hydrogens is 1430 g/mol. The van der Waals surface area contributed by atoms with Crippen LogP contribution in [0, 0.1) is 0 Å². The Balaban J connectivity index is 0.000000114. The van der Waals surface area contributed by atoms with Gasteiger partial charge in [0.25, 0.3) is 0 Å². The van der Waals surface area contributed by atoms with Crippen molar-refractivity contribution in [3.63, 3.8) is 0 Å². The molecule has 0 radical (unpaired) electrons. The Morgan fingerprint density at radius 3 is 0.915 bits per heavy atom. The smallest absolute Gasteiger partial charge is 0.183 e. The first-order valence-electron chi connectivity index (χ1n) is 39.7. The van der Waals surface area contributed by atoms with Crippen LogP contribution in [0.1, 0.15) is 0 Å². The van der Waals surface area contributed by atoms with Gasteiger partial charge in [-0.15, -0.1) is 0 Å². The zero-order chi connectivity index (χ0) is 78.5. The average molecular weight is 1510 g/mol. The number of fused-ring (bicyclic) bond motifs is 7. The summed E-state index contributed by atoms with van der Waals surface area (Å²) in [6, 6.07) is 146. The maximum absolute atomic E-state index is 5.13. The van der Waals surface area contributed by atoms with E-state index in [1.54, 1.807) is 0 Å². The molecule has 0 spiro atoms. The predicted octanol–water partition coefficient (Wildman–Crippen LogP) is 28.3. The van der Waals surface area contributed by atoms with Gasteiger partial charge in [0.2, 0.25) is 0 Å². The second-order valence-corrected chi connectivity index (χ2v) is 29.2. The van der Waals surface area contributed by atoms with Crippen molar-refractivity contribution in [1.29, 1.82) is 0 Å². The van der Waals surface area contributed by atoms with Crippen LogP contribution in [-0.4, -0.2) is 39.9 Å². The quantitative estimate of drug-likeness (QED) is 0.119. The van der Waals surface area contributed by atoms with E-state index in [2.05, 4.69) is 328 Å². The number of pyridine rings is 3. The van der Waals surface area contributed by atoms with E-state index >= 15 is 0 Å². The number of hydrogen-bond donors (Lipinski definition) is 0. The minimum atomic E-state index is 0.549. The minimum absolute atomic E-state index is 0.549. The van der Waals surface area contributed by atoms with Crippen molar-refractivity contribution in [3.05, 3.63) is 437 Å². The van der Waals surface area contributed by atoms with Gasteiger partial charge in [-0.2, -0.15) is 0 Å². The molecule has 0 aliphatic carbocycles. The molecule has 0 unspecified atom stereocenters. The van der Waals surface area contributed by atoms with Crippen molar-refractivity contribution in [2.24, 2.45) is 0 Å². The van der Waals surface area contributed by atoms with E-state index in [1.807, 2.05) is 109 Å². The number of aromatic nitrogens is 8. The fraction of sp³-hybridized carbons (Fsp3) is 0. The lowest BCUT2D eigenvalue weighted by atomic mass is 9.91. The highest BCUT2D eigenvalue weighted by molar-refractivity contribution is 6.12. The van der Waals surface area contributed by atoms with Crippen molar-refractivity contribution in [3.8, 4) is 135 Å². The molecule has 22 rings (SSSR count). The van der Waals surface area contributed by atoms with Gasteiger partial charge >= 0.3 is 0 Å². The zero-order valence-electron chi connectivity index (χ0n) is 64.1. The molecule has 5 aromatic heterocycles. The molecule has 0 fully saturated rings. The maximum atomic E-state index is 5.13. The van der Waals surface area contributed by atoms with Gasteiger partial charge in [0, 0.05) is 79.3 Å². The number of rotatable bonds is 12. The molecular formula is C110H72N8. The van der Waals surface area contributed by atoms with E-state index in [1.165, 1.54) is 76.5 Å². The second kappa shape index (κ2) is 31.9. The van der Waals surface area contributed by atoms with E-state index in [0.717, 1.165) is 111 Å². The molecule has 0 amide bonds. The van der Waals surface area contributed by atoms with E-state index in [9.17, 15) is 0 Å². The van der Waals surface area contributed by atoms with Gasteiger partial charge in [-0.25, -0.2) is 24.9 Å². The van der Waals surface area contributed by atoms with Gasteiger partial charge in [0.1, 0.15) is 5.69 Å². The molecule has 552 valence electrons. The monoisotopic (exact) mass is 1500 g/mol. The summed E-state index contributed by atoms with van der Waals surface area (Å²) in [7, 11) is 0. The Morgan fingerprint density at radius 1 is 0.136 bits per heavy atom. The largest absolute Gasteiger partial charge is 0.255 e. The average Bonchev–Trinajstić information content (AvgIpc) is 0.762. The Labute approximate surface area is 683 Å². The van der Waals surface area contributed by atoms with Gasteiger partial charge in [-0.1, -0.05) is 388 Å². The molecule has 5 heterocycles. The van der Waals surface area contributed by atoms with Crippen LogP contribution >= 0.6 is 0 Å². The number of hydrogen-bond acceptors (Lipinski definition) is 8. The summed E-state index contributed by atoms with van der Waals surface area (Å²) in [5.74, 6) is 2.47. The Hall–Kier alpha value is -15.9. The summed E-state index contributed by atoms with van der Waals surface area (Å²) in [6.07, 6.45) is 6.00. The molecule has 118 heavy (non-hydrogen) atoms. The summed E-state index contributed by atoms with van der Waals surface area (Å²) < 4.78 is 0. The maximum Gasteiger partial charge on any atom is 0.183 e. The van der Waals surface area contributed by atoms with Crippen LogP contribution in [0.25, 0.3) is 211 Å². The molecule has 8 heteroatoms. The highest BCUT2D eigenvalue weighted by atomic mass is 15.0. The molecule has 17 aromatic carbocycles. The highest BCUT2D eigenvalue weighted by Crippen LogP contribution is 2.43. The van der Waals surface area contributed by atoms with Crippen molar-refractivity contribution < 1.29 is 0 Å². The summed E-state index contributed by atoms with van der Waals surface area (Å²) in [4.78, 5) is 40.1. The van der Waals surface area contributed by atoms with Gasteiger partial charge in [-0.3, -0.25) is 15.0 Å². The summed E-state index contributed by atoms with van der Waals surface area (Å²) in [5.41, 5.74) is 20.9. The fourth-order valence-electron chi connectivity index (χ4n) is 16.3. The van der Waals surface area contributed by atoms with Crippen LogP contribution < -0.4 is 0 Å². The van der Waals surface area contributed by atoms with Gasteiger partial charge in [0.15, 0.2) is 23.3 Å². The second-order valence-electron chi connectivity index (χ2n) is 29.2. The van der Waals surface area contributed by atoms with Gasteiger partial charge in [-0.05, 0) is 129 Å². The standard InChI is InChI=1S/C38H24N4.C37H25N.C35H23N3/c1-2-13-27(14-3-1)36-40-37(29-22-21-25-11-4-5-15-28(25)23-29)42-38(41-36)35-33-19-9-8-18-32(33)34(24-39-35)31-20-10-16-26-12-6-7-17-30(26)31;1-3-12-26(13-4-1)29-22-30(27-14-5-2-6-15-27)24-31(23-29)37-35-20-10-9-19-34(35)36(25-38-37)33-21-11-17-28-16-7-8-18-32(28)33;1-3-13-25(14-4-1)32-22-33(38-35(37-32)26-15-5-2-6-16-26)34-30-20-10-9-19-29(30)31(23-36-34)28-21-11-17-24-12-7-8-18-27(24)28/h1-24H;1-25H;1-23H. The summed E-state index contributed by atoms with van der Waals surface area (Å²) in [5, 5.41) is 16.3. The Bertz CT molecular complexity index is 7070. The molecule has 0 atom stereocenters. The van der Waals surface area contributed by atoms with Gasteiger partial charge < -0.3 is 0 Å². The van der Waals surface area contributed by atoms with Crippen molar-refractivity contribution >= 4 is 75.4 Å². The normalized spacial score (nSPS) is 11.2. The molecule has 0 saturated carbocycles. The third-order valence-electron chi connectivity index (χ3n) is 22.0. The summed E-state index contributed by atoms with van der Waals surface area (Å²) in [6.45, 7) is 0. The van der Waals surface area contributed by atoms with E-state index in [-0.39, 0.29) is 0 Å². The first-order valence-corrected chi connectivity index (χ1v) is 39.7. The van der Waals surface area contributed by atoms with E-state index in [4.69, 9.17) is 39.9 Å². The van der Waals surface area contributed by atoms with Crippen LogP contribution in [-0.2, 0) is 0 Å². The topological polar surface area (TPSA) is 103 Å². The van der Waals surface area contributed by atoms with Crippen LogP contribution in [0.5, 0.6) is 0 Å².